The number of rotatable bonds is 4. The Bertz CT molecular complexity index is 287. The van der Waals surface area contributed by atoms with Gasteiger partial charge >= 0.3 is 0 Å². The van der Waals surface area contributed by atoms with Crippen molar-refractivity contribution in [2.75, 3.05) is 13.1 Å². The summed E-state index contributed by atoms with van der Waals surface area (Å²) in [6.07, 6.45) is 11.0. The minimum atomic E-state index is 0.529. The molecule has 2 aliphatic rings. The number of nitrogens with zero attached hydrogens (tertiary/aromatic N) is 1. The van der Waals surface area contributed by atoms with Crippen LogP contribution in [0.5, 0.6) is 0 Å². The molecule has 2 fully saturated rings. The molecule has 0 spiro atoms. The molecule has 1 aliphatic carbocycles. The molecular weight excluding hydrogens is 244 g/mol. The summed E-state index contributed by atoms with van der Waals surface area (Å²) >= 11 is 0. The van der Waals surface area contributed by atoms with Crippen LogP contribution in [-0.4, -0.2) is 36.1 Å². The first-order valence-electron chi connectivity index (χ1n) is 9.02. The van der Waals surface area contributed by atoms with Crippen LogP contribution < -0.4 is 5.32 Å². The van der Waals surface area contributed by atoms with Gasteiger partial charge in [0.25, 0.3) is 0 Å². The van der Waals surface area contributed by atoms with Crippen LogP contribution in [0.15, 0.2) is 0 Å². The van der Waals surface area contributed by atoms with Crippen LogP contribution in [0.1, 0.15) is 79.1 Å². The largest absolute Gasteiger partial charge is 0.312 e. The zero-order chi connectivity index (χ0) is 14.6. The van der Waals surface area contributed by atoms with Gasteiger partial charge in [0.05, 0.1) is 0 Å². The first-order chi connectivity index (χ1) is 9.53. The number of hydrogen-bond donors (Lipinski definition) is 1. The molecule has 0 aromatic heterocycles. The van der Waals surface area contributed by atoms with Crippen molar-refractivity contribution in [3.8, 4) is 0 Å². The molecule has 118 valence electrons. The predicted molar refractivity (Wildman–Crippen MR) is 88.1 cm³/mol. The average molecular weight is 280 g/mol. The third-order valence-electron chi connectivity index (χ3n) is 5.55. The van der Waals surface area contributed by atoms with Crippen molar-refractivity contribution >= 4 is 0 Å². The van der Waals surface area contributed by atoms with Crippen molar-refractivity contribution in [1.82, 2.24) is 10.2 Å². The van der Waals surface area contributed by atoms with Crippen molar-refractivity contribution in [3.05, 3.63) is 0 Å². The molecule has 0 radical (unpaired) electrons. The summed E-state index contributed by atoms with van der Waals surface area (Å²) < 4.78 is 0. The lowest BCUT2D eigenvalue weighted by molar-refractivity contribution is 0.0421. The molecule has 0 aromatic rings. The molecule has 2 heteroatoms. The maximum atomic E-state index is 3.86. The fourth-order valence-corrected chi connectivity index (χ4v) is 4.26. The Hall–Kier alpha value is -0.0800. The van der Waals surface area contributed by atoms with Gasteiger partial charge in [-0.15, -0.1) is 0 Å². The van der Waals surface area contributed by atoms with Crippen LogP contribution in [0, 0.1) is 5.41 Å². The normalized spacial score (nSPS) is 35.7. The van der Waals surface area contributed by atoms with Crippen molar-refractivity contribution in [3.63, 3.8) is 0 Å². The minimum Gasteiger partial charge on any atom is -0.312 e. The van der Waals surface area contributed by atoms with Crippen LogP contribution in [0.2, 0.25) is 0 Å². The Morgan fingerprint density at radius 1 is 1.15 bits per heavy atom. The lowest BCUT2D eigenvalue weighted by Gasteiger charge is -2.48. The Morgan fingerprint density at radius 2 is 1.95 bits per heavy atom. The van der Waals surface area contributed by atoms with Crippen LogP contribution >= 0.6 is 0 Å². The zero-order valence-electron chi connectivity index (χ0n) is 14.3. The number of likely N-dealkylation sites (tertiary alicyclic amines) is 1. The average Bonchev–Trinajstić information content (AvgIpc) is 2.61. The van der Waals surface area contributed by atoms with Gasteiger partial charge in [0.1, 0.15) is 0 Å². The first-order valence-corrected chi connectivity index (χ1v) is 9.02. The van der Waals surface area contributed by atoms with Crippen LogP contribution in [0.4, 0.5) is 0 Å². The van der Waals surface area contributed by atoms with Crippen molar-refractivity contribution in [2.24, 2.45) is 5.41 Å². The quantitative estimate of drug-likeness (QED) is 0.830. The van der Waals surface area contributed by atoms with Crippen LogP contribution in [0.3, 0.4) is 0 Å². The van der Waals surface area contributed by atoms with Gasteiger partial charge < -0.3 is 5.32 Å². The Morgan fingerprint density at radius 3 is 2.70 bits per heavy atom. The van der Waals surface area contributed by atoms with Crippen LogP contribution in [0.25, 0.3) is 0 Å². The molecule has 0 amide bonds. The van der Waals surface area contributed by atoms with E-state index in [1.807, 2.05) is 0 Å². The molecule has 0 bridgehead atoms. The van der Waals surface area contributed by atoms with Crippen LogP contribution in [-0.2, 0) is 0 Å². The monoisotopic (exact) mass is 280 g/mol. The number of nitrogens with one attached hydrogen (secondary N) is 1. The Labute approximate surface area is 126 Å². The van der Waals surface area contributed by atoms with E-state index < -0.39 is 0 Å². The van der Waals surface area contributed by atoms with Gasteiger partial charge in [-0.3, -0.25) is 4.90 Å². The van der Waals surface area contributed by atoms with Crippen molar-refractivity contribution in [1.29, 1.82) is 0 Å². The summed E-state index contributed by atoms with van der Waals surface area (Å²) in [5.74, 6) is 0. The molecule has 1 N–H and O–H groups in total. The second-order valence-electron chi connectivity index (χ2n) is 7.97. The van der Waals surface area contributed by atoms with E-state index in [0.29, 0.717) is 5.41 Å². The summed E-state index contributed by atoms with van der Waals surface area (Å²) in [4.78, 5) is 2.86. The molecule has 1 heterocycles. The van der Waals surface area contributed by atoms with Gasteiger partial charge in [0.15, 0.2) is 0 Å². The Balaban J connectivity index is 2.08. The molecular formula is C18H36N2. The second-order valence-corrected chi connectivity index (χ2v) is 7.97. The Kier molecular flexibility index (Phi) is 5.92. The number of hydrogen-bond acceptors (Lipinski definition) is 2. The smallest absolute Gasteiger partial charge is 0.0257 e. The fourth-order valence-electron chi connectivity index (χ4n) is 4.26. The zero-order valence-corrected chi connectivity index (χ0v) is 14.3. The predicted octanol–water partition coefficient (Wildman–Crippen LogP) is 4.20. The van der Waals surface area contributed by atoms with E-state index in [2.05, 4.69) is 37.9 Å². The highest BCUT2D eigenvalue weighted by Crippen LogP contribution is 2.39. The van der Waals surface area contributed by atoms with Gasteiger partial charge in [0.2, 0.25) is 0 Å². The molecule has 2 nitrogen and oxygen atoms in total. The van der Waals surface area contributed by atoms with Crippen molar-refractivity contribution < 1.29 is 0 Å². The minimum absolute atomic E-state index is 0.529. The fraction of sp³-hybridized carbons (Fsp3) is 1.00. The highest BCUT2D eigenvalue weighted by Gasteiger charge is 2.39. The third kappa shape index (κ3) is 4.21. The van der Waals surface area contributed by atoms with E-state index >= 15 is 0 Å². The molecule has 3 atom stereocenters. The standard InChI is InChI=1S/C18H36N2/c1-5-12-19-16-10-11-18(3,4)14-17(16)20-13-8-6-7-9-15(20)2/h15-17,19H,5-14H2,1-4H3. The second kappa shape index (κ2) is 7.26. The van der Waals surface area contributed by atoms with E-state index in [1.54, 1.807) is 0 Å². The van der Waals surface area contributed by atoms with E-state index in [-0.39, 0.29) is 0 Å². The lowest BCUT2D eigenvalue weighted by atomic mass is 9.72. The maximum Gasteiger partial charge on any atom is 0.0257 e. The topological polar surface area (TPSA) is 15.3 Å². The highest BCUT2D eigenvalue weighted by molar-refractivity contribution is 4.96. The summed E-state index contributed by atoms with van der Waals surface area (Å²) in [6.45, 7) is 12.2. The molecule has 1 saturated carbocycles. The first kappa shape index (κ1) is 16.3. The van der Waals surface area contributed by atoms with E-state index in [0.717, 1.165) is 18.1 Å². The third-order valence-corrected chi connectivity index (χ3v) is 5.55. The molecule has 2 rings (SSSR count). The molecule has 20 heavy (non-hydrogen) atoms. The van der Waals surface area contributed by atoms with Gasteiger partial charge in [-0.2, -0.15) is 0 Å². The molecule has 1 saturated heterocycles. The van der Waals surface area contributed by atoms with E-state index in [1.165, 1.54) is 64.5 Å². The summed E-state index contributed by atoms with van der Waals surface area (Å²) in [7, 11) is 0. The summed E-state index contributed by atoms with van der Waals surface area (Å²) in [5, 5.41) is 3.86. The summed E-state index contributed by atoms with van der Waals surface area (Å²) in [5.41, 5.74) is 0.529. The van der Waals surface area contributed by atoms with E-state index in [9.17, 15) is 0 Å². The highest BCUT2D eigenvalue weighted by atomic mass is 15.2. The van der Waals surface area contributed by atoms with Gasteiger partial charge in [-0.25, -0.2) is 0 Å². The van der Waals surface area contributed by atoms with Crippen molar-refractivity contribution in [2.45, 2.75) is 97.2 Å². The lowest BCUT2D eigenvalue weighted by Crippen LogP contribution is -2.57. The molecule has 1 aliphatic heterocycles. The molecule has 0 aromatic carbocycles. The van der Waals surface area contributed by atoms with Gasteiger partial charge in [-0.1, -0.05) is 33.6 Å². The molecule has 3 unspecified atom stereocenters. The SMILES string of the molecule is CCCNC1CCC(C)(C)CC1N1CCCCCC1C. The van der Waals surface area contributed by atoms with Gasteiger partial charge in [-0.05, 0) is 64.0 Å². The van der Waals surface area contributed by atoms with E-state index in [4.69, 9.17) is 0 Å². The summed E-state index contributed by atoms with van der Waals surface area (Å²) in [6, 6.07) is 2.27. The maximum absolute atomic E-state index is 3.86. The van der Waals surface area contributed by atoms with Gasteiger partial charge in [0, 0.05) is 18.1 Å².